The highest BCUT2D eigenvalue weighted by molar-refractivity contribution is 5.23. The SMILES string of the molecule is CCCCC(C)C1CCC(C)N1C(C)C(C)C1=CC2CC(C)C3C4CCCCC4OC3C2C2CCC(C)N12. The van der Waals surface area contributed by atoms with Crippen LogP contribution in [0.2, 0.25) is 0 Å². The highest BCUT2D eigenvalue weighted by Crippen LogP contribution is 2.58. The minimum absolute atomic E-state index is 0.516. The molecule has 0 radical (unpaired) electrons. The Morgan fingerprint density at radius 3 is 2.47 bits per heavy atom. The summed E-state index contributed by atoms with van der Waals surface area (Å²) >= 11 is 0. The molecular weight excluding hydrogens is 464 g/mol. The molecule has 216 valence electrons. The first-order valence-corrected chi connectivity index (χ1v) is 17.2. The average molecular weight is 525 g/mol. The highest BCUT2D eigenvalue weighted by Gasteiger charge is 2.59. The quantitative estimate of drug-likeness (QED) is 0.333. The van der Waals surface area contributed by atoms with E-state index in [1.807, 2.05) is 0 Å². The first-order chi connectivity index (χ1) is 18.3. The molecule has 14 unspecified atom stereocenters. The predicted octanol–water partition coefficient (Wildman–Crippen LogP) is 8.29. The molecule has 0 aromatic carbocycles. The van der Waals surface area contributed by atoms with Crippen molar-refractivity contribution in [1.82, 2.24) is 9.80 Å². The van der Waals surface area contributed by atoms with Crippen molar-refractivity contribution in [1.29, 1.82) is 0 Å². The van der Waals surface area contributed by atoms with Gasteiger partial charge in [0.05, 0.1) is 12.2 Å². The third kappa shape index (κ3) is 4.53. The van der Waals surface area contributed by atoms with Crippen molar-refractivity contribution >= 4 is 0 Å². The van der Waals surface area contributed by atoms with Crippen LogP contribution >= 0.6 is 0 Å². The van der Waals surface area contributed by atoms with Crippen LogP contribution in [0.15, 0.2) is 11.8 Å². The molecule has 3 nitrogen and oxygen atoms in total. The molecule has 6 rings (SSSR count). The van der Waals surface area contributed by atoms with Crippen LogP contribution in [0.1, 0.15) is 126 Å². The van der Waals surface area contributed by atoms with Gasteiger partial charge in [0.15, 0.2) is 0 Å². The number of hydrogen-bond donors (Lipinski definition) is 0. The third-order valence-corrected chi connectivity index (χ3v) is 13.1. The van der Waals surface area contributed by atoms with Crippen molar-refractivity contribution in [3.8, 4) is 0 Å². The summed E-state index contributed by atoms with van der Waals surface area (Å²) < 4.78 is 7.10. The molecule has 6 aliphatic rings. The Labute approximate surface area is 235 Å². The fourth-order valence-corrected chi connectivity index (χ4v) is 11.1. The number of nitrogens with zero attached hydrogens (tertiary/aromatic N) is 2. The van der Waals surface area contributed by atoms with Gasteiger partial charge < -0.3 is 9.64 Å². The Bertz CT molecular complexity index is 855. The van der Waals surface area contributed by atoms with Crippen LogP contribution in [-0.4, -0.2) is 52.2 Å². The molecule has 38 heavy (non-hydrogen) atoms. The maximum atomic E-state index is 7.10. The minimum Gasteiger partial charge on any atom is -0.374 e. The van der Waals surface area contributed by atoms with Crippen molar-refractivity contribution in [3.63, 3.8) is 0 Å². The van der Waals surface area contributed by atoms with Crippen molar-refractivity contribution in [2.75, 3.05) is 0 Å². The van der Waals surface area contributed by atoms with Gasteiger partial charge >= 0.3 is 0 Å². The molecule has 14 atom stereocenters. The molecule has 2 saturated carbocycles. The molecule has 5 fully saturated rings. The second-order valence-electron chi connectivity index (χ2n) is 15.2. The highest BCUT2D eigenvalue weighted by atomic mass is 16.5. The maximum absolute atomic E-state index is 7.10. The van der Waals surface area contributed by atoms with Gasteiger partial charge in [-0.25, -0.2) is 0 Å². The molecule has 0 N–H and O–H groups in total. The molecule has 2 aliphatic carbocycles. The summed E-state index contributed by atoms with van der Waals surface area (Å²) in [6.45, 7) is 17.7. The Kier molecular flexibility index (Phi) is 8.02. The Hall–Kier alpha value is -0.540. The van der Waals surface area contributed by atoms with E-state index < -0.39 is 0 Å². The van der Waals surface area contributed by atoms with E-state index in [1.54, 1.807) is 5.70 Å². The van der Waals surface area contributed by atoms with Crippen LogP contribution < -0.4 is 0 Å². The summed E-state index contributed by atoms with van der Waals surface area (Å²) in [6.07, 6.45) is 20.5. The summed E-state index contributed by atoms with van der Waals surface area (Å²) in [7, 11) is 0. The van der Waals surface area contributed by atoms with E-state index in [9.17, 15) is 0 Å². The van der Waals surface area contributed by atoms with Crippen LogP contribution in [0.4, 0.5) is 0 Å². The molecular formula is C35H60N2O. The van der Waals surface area contributed by atoms with Gasteiger partial charge in [0.25, 0.3) is 0 Å². The Morgan fingerprint density at radius 2 is 1.68 bits per heavy atom. The number of rotatable bonds is 7. The summed E-state index contributed by atoms with van der Waals surface area (Å²) in [5.74, 6) is 5.35. The largest absolute Gasteiger partial charge is 0.374 e. The zero-order chi connectivity index (χ0) is 26.7. The topological polar surface area (TPSA) is 15.7 Å². The van der Waals surface area contributed by atoms with Crippen LogP contribution in [0.3, 0.4) is 0 Å². The Balaban J connectivity index is 1.27. The molecule has 3 saturated heterocycles. The van der Waals surface area contributed by atoms with Crippen LogP contribution in [0, 0.1) is 41.4 Å². The number of allylic oxidation sites excluding steroid dienone is 1. The Morgan fingerprint density at radius 1 is 0.921 bits per heavy atom. The lowest BCUT2D eigenvalue weighted by atomic mass is 9.59. The van der Waals surface area contributed by atoms with E-state index in [-0.39, 0.29) is 0 Å². The van der Waals surface area contributed by atoms with Gasteiger partial charge in [-0.1, -0.05) is 59.5 Å². The van der Waals surface area contributed by atoms with Crippen molar-refractivity contribution in [3.05, 3.63) is 11.8 Å². The normalized spacial score (nSPS) is 47.1. The summed E-state index contributed by atoms with van der Waals surface area (Å²) in [6, 6.07) is 3.48. The molecule has 0 spiro atoms. The number of fused-ring (bicyclic) bond motifs is 7. The van der Waals surface area contributed by atoms with Gasteiger partial charge in [-0.15, -0.1) is 0 Å². The maximum Gasteiger partial charge on any atom is 0.0666 e. The number of unbranched alkanes of at least 4 members (excludes halogenated alkanes) is 1. The monoisotopic (exact) mass is 524 g/mol. The van der Waals surface area contributed by atoms with Gasteiger partial charge in [-0.2, -0.15) is 0 Å². The van der Waals surface area contributed by atoms with Gasteiger partial charge in [0.2, 0.25) is 0 Å². The van der Waals surface area contributed by atoms with E-state index >= 15 is 0 Å². The molecule has 3 heteroatoms. The lowest BCUT2D eigenvalue weighted by molar-refractivity contribution is -0.0780. The van der Waals surface area contributed by atoms with Crippen LogP contribution in [-0.2, 0) is 4.74 Å². The molecule has 0 aromatic rings. The number of likely N-dealkylation sites (tertiary alicyclic amines) is 1. The zero-order valence-electron chi connectivity index (χ0n) is 25.9. The van der Waals surface area contributed by atoms with E-state index in [2.05, 4.69) is 64.3 Å². The molecule has 4 heterocycles. The first-order valence-electron chi connectivity index (χ1n) is 17.2. The van der Waals surface area contributed by atoms with E-state index in [0.717, 1.165) is 47.6 Å². The lowest BCUT2D eigenvalue weighted by Crippen LogP contribution is -2.56. The van der Waals surface area contributed by atoms with Gasteiger partial charge in [0.1, 0.15) is 0 Å². The summed E-state index contributed by atoms with van der Waals surface area (Å²) in [5.41, 5.74) is 1.72. The van der Waals surface area contributed by atoms with E-state index in [1.165, 1.54) is 77.0 Å². The van der Waals surface area contributed by atoms with Crippen molar-refractivity contribution in [2.24, 2.45) is 41.4 Å². The average Bonchev–Trinajstić information content (AvgIpc) is 3.61. The predicted molar refractivity (Wildman–Crippen MR) is 159 cm³/mol. The fourth-order valence-electron chi connectivity index (χ4n) is 11.1. The van der Waals surface area contributed by atoms with E-state index in [4.69, 9.17) is 4.74 Å². The van der Waals surface area contributed by atoms with Crippen molar-refractivity contribution in [2.45, 2.75) is 168 Å². The molecule has 0 bridgehead atoms. The van der Waals surface area contributed by atoms with Gasteiger partial charge in [-0.3, -0.25) is 4.90 Å². The fraction of sp³-hybridized carbons (Fsp3) is 0.943. The molecule has 0 amide bonds. The summed E-state index contributed by atoms with van der Waals surface area (Å²) in [5, 5.41) is 0. The zero-order valence-corrected chi connectivity index (χ0v) is 25.9. The number of ether oxygens (including phenoxy) is 1. The van der Waals surface area contributed by atoms with Gasteiger partial charge in [0, 0.05) is 47.7 Å². The van der Waals surface area contributed by atoms with Crippen LogP contribution in [0.5, 0.6) is 0 Å². The summed E-state index contributed by atoms with van der Waals surface area (Å²) in [4.78, 5) is 5.95. The van der Waals surface area contributed by atoms with Crippen molar-refractivity contribution < 1.29 is 4.74 Å². The smallest absolute Gasteiger partial charge is 0.0666 e. The van der Waals surface area contributed by atoms with E-state index in [0.29, 0.717) is 36.3 Å². The van der Waals surface area contributed by atoms with Crippen LogP contribution in [0.25, 0.3) is 0 Å². The minimum atomic E-state index is 0.516. The number of hydrogen-bond acceptors (Lipinski definition) is 3. The lowest BCUT2D eigenvalue weighted by Gasteiger charge is -2.54. The second-order valence-corrected chi connectivity index (χ2v) is 15.2. The second kappa shape index (κ2) is 11.0. The molecule has 0 aromatic heterocycles. The third-order valence-electron chi connectivity index (χ3n) is 13.1. The standard InChI is InChI=1S/C35H60N2O/c1-8-9-12-21(2)29-17-15-23(4)36(29)26(7)25(6)31-20-27-19-22(3)33-28-13-10-11-14-32(28)38-35(33)34(27)30-18-16-24(5)37(30)31/h20-30,32-35H,8-19H2,1-7H3. The first kappa shape index (κ1) is 27.6. The molecule has 4 aliphatic heterocycles. The van der Waals surface area contributed by atoms with Gasteiger partial charge in [-0.05, 0) is 102 Å².